The normalized spacial score (nSPS) is 26.0. The van der Waals surface area contributed by atoms with Gasteiger partial charge < -0.3 is 5.32 Å². The zero-order chi connectivity index (χ0) is 15.1. The minimum Gasteiger partial charge on any atom is -0.316 e. The van der Waals surface area contributed by atoms with Gasteiger partial charge in [-0.1, -0.05) is 58.1 Å². The minimum absolute atomic E-state index is 0.135. The van der Waals surface area contributed by atoms with Crippen LogP contribution in [0.4, 0.5) is 4.39 Å². The van der Waals surface area contributed by atoms with Crippen LogP contribution in [-0.2, 0) is 0 Å². The Kier molecular flexibility index (Phi) is 6.22. The average Bonchev–Trinajstić information content (AvgIpc) is 2.49. The second-order valence-corrected chi connectivity index (χ2v) is 6.88. The highest BCUT2D eigenvalue weighted by atomic mass is 19.1. The number of nitrogens with one attached hydrogen (secondary N) is 1. The molecular weight excluding hydrogens is 261 g/mol. The third-order valence-corrected chi connectivity index (χ3v) is 5.19. The molecule has 1 fully saturated rings. The molecule has 1 N–H and O–H groups in total. The van der Waals surface area contributed by atoms with Crippen LogP contribution in [0.15, 0.2) is 24.3 Å². The van der Waals surface area contributed by atoms with Crippen LogP contribution in [0.3, 0.4) is 0 Å². The Hall–Kier alpha value is -0.890. The molecule has 118 valence electrons. The topological polar surface area (TPSA) is 12.0 Å². The van der Waals surface area contributed by atoms with Crippen molar-refractivity contribution in [2.45, 2.75) is 64.7 Å². The molecule has 2 atom stereocenters. The quantitative estimate of drug-likeness (QED) is 0.675. The summed E-state index contributed by atoms with van der Waals surface area (Å²) in [7, 11) is 0. The van der Waals surface area contributed by atoms with Crippen LogP contribution in [0, 0.1) is 11.2 Å². The highest BCUT2D eigenvalue weighted by Gasteiger charge is 2.36. The van der Waals surface area contributed by atoms with Gasteiger partial charge in [0.2, 0.25) is 0 Å². The van der Waals surface area contributed by atoms with Crippen molar-refractivity contribution in [2.75, 3.05) is 13.1 Å². The summed E-state index contributed by atoms with van der Waals surface area (Å²) in [5.74, 6) is 0.377. The molecule has 0 radical (unpaired) electrons. The lowest BCUT2D eigenvalue weighted by atomic mass is 9.66. The van der Waals surface area contributed by atoms with Gasteiger partial charge in [0.15, 0.2) is 0 Å². The molecule has 21 heavy (non-hydrogen) atoms. The van der Waals surface area contributed by atoms with Gasteiger partial charge >= 0.3 is 0 Å². The highest BCUT2D eigenvalue weighted by molar-refractivity contribution is 5.24. The Balaban J connectivity index is 1.98. The van der Waals surface area contributed by atoms with E-state index in [-0.39, 0.29) is 5.82 Å². The Bertz CT molecular complexity index is 414. The lowest BCUT2D eigenvalue weighted by molar-refractivity contribution is 0.166. The molecule has 0 bridgehead atoms. The maximum Gasteiger partial charge on any atom is 0.123 e. The van der Waals surface area contributed by atoms with Crippen molar-refractivity contribution in [3.8, 4) is 0 Å². The van der Waals surface area contributed by atoms with Gasteiger partial charge in [-0.3, -0.25) is 0 Å². The number of benzene rings is 1. The Morgan fingerprint density at radius 3 is 2.57 bits per heavy atom. The molecule has 1 heterocycles. The molecule has 1 saturated heterocycles. The molecule has 1 nitrogen and oxygen atoms in total. The van der Waals surface area contributed by atoms with E-state index in [2.05, 4.69) is 19.2 Å². The second kappa shape index (κ2) is 7.93. The lowest BCUT2D eigenvalue weighted by Crippen LogP contribution is -2.42. The summed E-state index contributed by atoms with van der Waals surface area (Å²) in [6.45, 7) is 6.83. The first-order valence-electron chi connectivity index (χ1n) is 8.62. The Labute approximate surface area is 129 Å². The van der Waals surface area contributed by atoms with Crippen molar-refractivity contribution in [1.82, 2.24) is 5.32 Å². The van der Waals surface area contributed by atoms with Crippen LogP contribution in [0.25, 0.3) is 0 Å². The lowest BCUT2D eigenvalue weighted by Gasteiger charge is -2.42. The fraction of sp³-hybridized carbons (Fsp3) is 0.684. The number of piperidine rings is 1. The molecule has 0 spiro atoms. The highest BCUT2D eigenvalue weighted by Crippen LogP contribution is 2.44. The van der Waals surface area contributed by atoms with Crippen molar-refractivity contribution in [3.05, 3.63) is 35.6 Å². The van der Waals surface area contributed by atoms with Crippen LogP contribution in [0.5, 0.6) is 0 Å². The van der Waals surface area contributed by atoms with E-state index in [0.29, 0.717) is 11.3 Å². The van der Waals surface area contributed by atoms with E-state index in [1.54, 1.807) is 12.1 Å². The number of unbranched alkanes of at least 4 members (excludes halogenated alkanes) is 4. The number of hydrogen-bond acceptors (Lipinski definition) is 1. The van der Waals surface area contributed by atoms with E-state index in [1.807, 2.05) is 12.1 Å². The zero-order valence-corrected chi connectivity index (χ0v) is 13.6. The van der Waals surface area contributed by atoms with Gasteiger partial charge in [-0.05, 0) is 42.5 Å². The van der Waals surface area contributed by atoms with Gasteiger partial charge in [0.25, 0.3) is 0 Å². The predicted molar refractivity (Wildman–Crippen MR) is 88.1 cm³/mol. The van der Waals surface area contributed by atoms with E-state index in [1.165, 1.54) is 50.5 Å². The Morgan fingerprint density at radius 2 is 1.86 bits per heavy atom. The largest absolute Gasteiger partial charge is 0.316 e. The van der Waals surface area contributed by atoms with E-state index in [0.717, 1.165) is 13.1 Å². The summed E-state index contributed by atoms with van der Waals surface area (Å²) in [5.41, 5.74) is 1.65. The summed E-state index contributed by atoms with van der Waals surface area (Å²) in [6, 6.07) is 7.15. The van der Waals surface area contributed by atoms with Crippen molar-refractivity contribution in [3.63, 3.8) is 0 Å². The van der Waals surface area contributed by atoms with Gasteiger partial charge in [-0.2, -0.15) is 0 Å². The Morgan fingerprint density at radius 1 is 1.14 bits per heavy atom. The van der Waals surface area contributed by atoms with Crippen molar-refractivity contribution < 1.29 is 4.39 Å². The first-order chi connectivity index (χ1) is 10.2. The zero-order valence-electron chi connectivity index (χ0n) is 13.6. The van der Waals surface area contributed by atoms with Crippen LogP contribution >= 0.6 is 0 Å². The van der Waals surface area contributed by atoms with Gasteiger partial charge in [0.05, 0.1) is 0 Å². The molecule has 2 unspecified atom stereocenters. The minimum atomic E-state index is -0.135. The molecule has 1 aromatic carbocycles. The second-order valence-electron chi connectivity index (χ2n) is 6.88. The van der Waals surface area contributed by atoms with Crippen LogP contribution in [0.2, 0.25) is 0 Å². The molecule has 2 rings (SSSR count). The van der Waals surface area contributed by atoms with Crippen molar-refractivity contribution >= 4 is 0 Å². The summed E-state index contributed by atoms with van der Waals surface area (Å²) >= 11 is 0. The average molecular weight is 291 g/mol. The number of rotatable bonds is 7. The predicted octanol–water partition coefficient (Wildman–Crippen LogP) is 5.27. The van der Waals surface area contributed by atoms with Gasteiger partial charge in [0, 0.05) is 12.5 Å². The molecule has 2 heteroatoms. The third-order valence-electron chi connectivity index (χ3n) is 5.19. The molecule has 0 amide bonds. The SMILES string of the molecule is CCCCCCCC1(C)CCNCC1c1ccc(F)cc1. The molecular formula is C19H30FN. The summed E-state index contributed by atoms with van der Waals surface area (Å²) in [4.78, 5) is 0. The molecule has 0 saturated carbocycles. The molecule has 0 aliphatic carbocycles. The standard InChI is InChI=1S/C19H30FN/c1-3-4-5-6-7-12-19(2)13-14-21-15-18(19)16-8-10-17(20)11-9-16/h8-11,18,21H,3-7,12-15H2,1-2H3. The van der Waals surface area contributed by atoms with Crippen LogP contribution < -0.4 is 5.32 Å². The first kappa shape index (κ1) is 16.5. The number of halogens is 1. The maximum absolute atomic E-state index is 13.2. The van der Waals surface area contributed by atoms with Gasteiger partial charge in [-0.25, -0.2) is 4.39 Å². The summed E-state index contributed by atoms with van der Waals surface area (Å²) < 4.78 is 13.2. The van der Waals surface area contributed by atoms with E-state index in [9.17, 15) is 4.39 Å². The van der Waals surface area contributed by atoms with Crippen molar-refractivity contribution in [1.29, 1.82) is 0 Å². The fourth-order valence-electron chi connectivity index (χ4n) is 3.69. The smallest absolute Gasteiger partial charge is 0.123 e. The summed E-state index contributed by atoms with van der Waals surface area (Å²) in [6.07, 6.45) is 9.23. The van der Waals surface area contributed by atoms with E-state index < -0.39 is 0 Å². The third kappa shape index (κ3) is 4.54. The molecule has 0 aromatic heterocycles. The first-order valence-corrected chi connectivity index (χ1v) is 8.62. The molecule has 1 aromatic rings. The fourth-order valence-corrected chi connectivity index (χ4v) is 3.69. The van der Waals surface area contributed by atoms with E-state index in [4.69, 9.17) is 0 Å². The summed E-state index contributed by atoms with van der Waals surface area (Å²) in [5, 5.41) is 3.52. The van der Waals surface area contributed by atoms with Crippen LogP contribution in [-0.4, -0.2) is 13.1 Å². The number of hydrogen-bond donors (Lipinski definition) is 1. The monoisotopic (exact) mass is 291 g/mol. The van der Waals surface area contributed by atoms with Crippen LogP contribution in [0.1, 0.15) is 70.3 Å². The van der Waals surface area contributed by atoms with Gasteiger partial charge in [-0.15, -0.1) is 0 Å². The molecule has 1 aliphatic rings. The van der Waals surface area contributed by atoms with Crippen molar-refractivity contribution in [2.24, 2.45) is 5.41 Å². The van der Waals surface area contributed by atoms with Gasteiger partial charge in [0.1, 0.15) is 5.82 Å². The molecule has 1 aliphatic heterocycles. The maximum atomic E-state index is 13.2. The van der Waals surface area contributed by atoms with E-state index >= 15 is 0 Å².